The van der Waals surface area contributed by atoms with Crippen molar-refractivity contribution in [3.05, 3.63) is 61.1 Å². The van der Waals surface area contributed by atoms with Crippen molar-refractivity contribution in [2.24, 2.45) is 7.05 Å². The van der Waals surface area contributed by atoms with Gasteiger partial charge in [-0.25, -0.2) is 23.1 Å². The van der Waals surface area contributed by atoms with Crippen LogP contribution in [0.2, 0.25) is 0 Å². The fourth-order valence-electron chi connectivity index (χ4n) is 3.82. The van der Waals surface area contributed by atoms with Crippen LogP contribution in [0.3, 0.4) is 0 Å². The molecule has 3 heterocycles. The van der Waals surface area contributed by atoms with Crippen molar-refractivity contribution in [1.82, 2.24) is 29.5 Å². The van der Waals surface area contributed by atoms with Crippen LogP contribution >= 0.6 is 0 Å². The zero-order valence-electron chi connectivity index (χ0n) is 19.5. The molecule has 0 aliphatic carbocycles. The number of hydrogen-bond donors (Lipinski definition) is 0. The molecule has 3 aromatic heterocycles. The Bertz CT molecular complexity index is 1660. The van der Waals surface area contributed by atoms with Crippen molar-refractivity contribution in [3.8, 4) is 40.0 Å². The van der Waals surface area contributed by atoms with Crippen molar-refractivity contribution in [2.45, 2.75) is 4.90 Å². The van der Waals surface area contributed by atoms with Gasteiger partial charge in [-0.15, -0.1) is 0 Å². The summed E-state index contributed by atoms with van der Waals surface area (Å²) < 4.78 is 37.8. The highest BCUT2D eigenvalue weighted by Gasteiger charge is 2.18. The summed E-state index contributed by atoms with van der Waals surface area (Å²) in [7, 11) is 1.73. The molecule has 2 aromatic carbocycles. The van der Waals surface area contributed by atoms with E-state index in [9.17, 15) is 8.42 Å². The molecule has 0 spiro atoms. The van der Waals surface area contributed by atoms with Gasteiger partial charge < -0.3 is 9.47 Å². The van der Waals surface area contributed by atoms with Gasteiger partial charge in [-0.05, 0) is 29.8 Å². The van der Waals surface area contributed by atoms with Gasteiger partial charge in [0.15, 0.2) is 21.3 Å². The van der Waals surface area contributed by atoms with Crippen LogP contribution in [0.15, 0.2) is 66.0 Å². The van der Waals surface area contributed by atoms with E-state index in [1.807, 2.05) is 19.2 Å². The van der Waals surface area contributed by atoms with E-state index >= 15 is 0 Å². The average Bonchev–Trinajstić information content (AvgIpc) is 3.51. The summed E-state index contributed by atoms with van der Waals surface area (Å²) >= 11 is 0. The molecule has 0 fully saturated rings. The molecule has 178 valence electrons. The summed E-state index contributed by atoms with van der Waals surface area (Å²) in [6.45, 7) is 0. The first-order chi connectivity index (χ1) is 16.8. The first-order valence-electron chi connectivity index (χ1n) is 10.6. The number of hydrogen-bond acceptors (Lipinski definition) is 8. The number of aryl methyl sites for hydroxylation is 1. The zero-order chi connectivity index (χ0) is 24.7. The van der Waals surface area contributed by atoms with Gasteiger partial charge in [0.05, 0.1) is 36.5 Å². The van der Waals surface area contributed by atoms with Gasteiger partial charge in [0.2, 0.25) is 0 Å². The Morgan fingerprint density at radius 3 is 2.23 bits per heavy atom. The molecule has 0 aliphatic rings. The maximum absolute atomic E-state index is 11.8. The average molecular weight is 491 g/mol. The SMILES string of the molecule is COc1cc2nc(-n3cc(-c4ccc(S(C)(=O)=O)cc4)cn3)nc(-c3ccnn3C)c2cc1OC. The van der Waals surface area contributed by atoms with E-state index in [1.165, 1.54) is 6.26 Å². The molecule has 0 saturated carbocycles. The second-order valence-corrected chi connectivity index (χ2v) is 9.92. The molecule has 5 rings (SSSR count). The van der Waals surface area contributed by atoms with Crippen LogP contribution in [0, 0.1) is 0 Å². The van der Waals surface area contributed by atoms with Gasteiger partial charge in [-0.1, -0.05) is 12.1 Å². The molecule has 5 aromatic rings. The minimum absolute atomic E-state index is 0.261. The number of sulfone groups is 1. The van der Waals surface area contributed by atoms with Crippen LogP contribution in [0.5, 0.6) is 11.5 Å². The number of ether oxygens (including phenoxy) is 2. The molecule has 35 heavy (non-hydrogen) atoms. The molecule has 0 atom stereocenters. The monoisotopic (exact) mass is 490 g/mol. The molecule has 0 N–H and O–H groups in total. The summed E-state index contributed by atoms with van der Waals surface area (Å²) in [5, 5.41) is 9.52. The maximum Gasteiger partial charge on any atom is 0.251 e. The minimum atomic E-state index is -3.27. The highest BCUT2D eigenvalue weighted by Crippen LogP contribution is 2.36. The quantitative estimate of drug-likeness (QED) is 0.356. The third-order valence-electron chi connectivity index (χ3n) is 5.66. The Labute approximate surface area is 201 Å². The highest BCUT2D eigenvalue weighted by molar-refractivity contribution is 7.90. The largest absolute Gasteiger partial charge is 0.493 e. The summed E-state index contributed by atoms with van der Waals surface area (Å²) in [5.74, 6) is 1.48. The lowest BCUT2D eigenvalue weighted by Gasteiger charge is -2.13. The van der Waals surface area contributed by atoms with Gasteiger partial charge in [0.25, 0.3) is 5.95 Å². The molecule has 0 unspecified atom stereocenters. The van der Waals surface area contributed by atoms with Crippen LogP contribution in [-0.2, 0) is 16.9 Å². The molecule has 0 amide bonds. The maximum atomic E-state index is 11.8. The second-order valence-electron chi connectivity index (χ2n) is 7.91. The third-order valence-corrected chi connectivity index (χ3v) is 6.78. The molecule has 10 nitrogen and oxygen atoms in total. The van der Waals surface area contributed by atoms with Crippen molar-refractivity contribution in [3.63, 3.8) is 0 Å². The van der Waals surface area contributed by atoms with Crippen LogP contribution in [0.4, 0.5) is 0 Å². The Balaban J connectivity index is 1.65. The van der Waals surface area contributed by atoms with Crippen LogP contribution in [0.1, 0.15) is 0 Å². The van der Waals surface area contributed by atoms with E-state index in [4.69, 9.17) is 19.4 Å². The predicted octanol–water partition coefficient (Wildman–Crippen LogP) is 3.30. The number of benzene rings is 2. The molecule has 0 bridgehead atoms. The minimum Gasteiger partial charge on any atom is -0.493 e. The first kappa shape index (κ1) is 22.5. The van der Waals surface area contributed by atoms with Crippen LogP contribution < -0.4 is 9.47 Å². The molecule has 11 heteroatoms. The smallest absolute Gasteiger partial charge is 0.251 e. The number of fused-ring (bicyclic) bond motifs is 1. The van der Waals surface area contributed by atoms with Gasteiger partial charge >= 0.3 is 0 Å². The Morgan fingerprint density at radius 1 is 0.886 bits per heavy atom. The first-order valence-corrected chi connectivity index (χ1v) is 12.5. The van der Waals surface area contributed by atoms with Gasteiger partial charge in [0.1, 0.15) is 5.69 Å². The van der Waals surface area contributed by atoms with E-state index in [0.29, 0.717) is 28.7 Å². The zero-order valence-corrected chi connectivity index (χ0v) is 20.3. The van der Waals surface area contributed by atoms with Gasteiger partial charge in [-0.2, -0.15) is 10.2 Å². The summed E-state index contributed by atoms with van der Waals surface area (Å²) in [6, 6.07) is 12.2. The van der Waals surface area contributed by atoms with Gasteiger partial charge in [-0.3, -0.25) is 4.68 Å². The molecular formula is C24H22N6O4S. The molecule has 0 aliphatic heterocycles. The Hall–Kier alpha value is -4.25. The number of nitrogens with zero attached hydrogens (tertiary/aromatic N) is 6. The molecule has 0 saturated heterocycles. The van der Waals surface area contributed by atoms with Crippen LogP contribution in [0.25, 0.3) is 39.4 Å². The Morgan fingerprint density at radius 2 is 1.60 bits per heavy atom. The number of rotatable bonds is 6. The number of aromatic nitrogens is 6. The lowest BCUT2D eigenvalue weighted by molar-refractivity contribution is 0.356. The van der Waals surface area contributed by atoms with E-state index in [1.54, 1.807) is 72.5 Å². The topological polar surface area (TPSA) is 114 Å². The fourth-order valence-corrected chi connectivity index (χ4v) is 4.45. The standard InChI is InChI=1S/C24H22N6O4S/c1-29-20(9-10-25-29)23-18-11-21(33-2)22(34-3)12-19(18)27-24(28-23)30-14-16(13-26-30)15-5-7-17(8-6-15)35(4,31)32/h5-14H,1-4H3. The van der Waals surface area contributed by atoms with E-state index < -0.39 is 9.84 Å². The lowest BCUT2D eigenvalue weighted by Crippen LogP contribution is -2.06. The lowest BCUT2D eigenvalue weighted by atomic mass is 10.1. The van der Waals surface area contributed by atoms with Crippen molar-refractivity contribution in [1.29, 1.82) is 0 Å². The molecular weight excluding hydrogens is 468 g/mol. The predicted molar refractivity (Wildman–Crippen MR) is 131 cm³/mol. The summed E-state index contributed by atoms with van der Waals surface area (Å²) in [6.07, 6.45) is 6.36. The van der Waals surface area contributed by atoms with E-state index in [2.05, 4.69) is 10.2 Å². The van der Waals surface area contributed by atoms with E-state index in [-0.39, 0.29) is 4.90 Å². The van der Waals surface area contributed by atoms with Crippen LogP contribution in [-0.4, -0.2) is 58.4 Å². The van der Waals surface area contributed by atoms with Gasteiger partial charge in [0, 0.05) is 42.7 Å². The fraction of sp³-hybridized carbons (Fsp3) is 0.167. The third kappa shape index (κ3) is 4.10. The number of methoxy groups -OCH3 is 2. The summed E-state index contributed by atoms with van der Waals surface area (Å²) in [5.41, 5.74) is 3.74. The van der Waals surface area contributed by atoms with Crippen molar-refractivity contribution in [2.75, 3.05) is 20.5 Å². The second kappa shape index (κ2) is 8.51. The van der Waals surface area contributed by atoms with Crippen molar-refractivity contribution < 1.29 is 17.9 Å². The highest BCUT2D eigenvalue weighted by atomic mass is 32.2. The van der Waals surface area contributed by atoms with Crippen molar-refractivity contribution >= 4 is 20.7 Å². The Kier molecular flexibility index (Phi) is 5.48. The normalized spacial score (nSPS) is 11.7. The summed E-state index contributed by atoms with van der Waals surface area (Å²) in [4.78, 5) is 9.80. The molecule has 0 radical (unpaired) electrons. The van der Waals surface area contributed by atoms with E-state index in [0.717, 1.165) is 22.2 Å².